The van der Waals surface area contributed by atoms with Crippen molar-refractivity contribution in [3.8, 4) is 0 Å². The number of likely N-dealkylation sites (tertiary alicyclic amines) is 1. The number of halogens is 1. The van der Waals surface area contributed by atoms with Gasteiger partial charge in [-0.1, -0.05) is 45.8 Å². The summed E-state index contributed by atoms with van der Waals surface area (Å²) in [5, 5.41) is 0. The van der Waals surface area contributed by atoms with Crippen LogP contribution in [0.25, 0.3) is 0 Å². The number of benzene rings is 1. The van der Waals surface area contributed by atoms with Crippen molar-refractivity contribution in [2.45, 2.75) is 31.1 Å². The Morgan fingerprint density at radius 3 is 3.07 bits per heavy atom. The van der Waals surface area contributed by atoms with E-state index in [2.05, 4.69) is 52.0 Å². The Morgan fingerprint density at radius 1 is 1.47 bits per heavy atom. The Labute approximate surface area is 101 Å². The molecule has 0 radical (unpaired) electrons. The molecule has 0 spiro atoms. The molecule has 0 amide bonds. The second-order valence-corrected chi connectivity index (χ2v) is 5.76. The van der Waals surface area contributed by atoms with Gasteiger partial charge in [-0.2, -0.15) is 0 Å². The largest absolute Gasteiger partial charge is 0.298 e. The zero-order valence-corrected chi connectivity index (χ0v) is 10.8. The van der Waals surface area contributed by atoms with Gasteiger partial charge in [0.15, 0.2) is 0 Å². The number of hydrogen-bond acceptors (Lipinski definition) is 1. The zero-order valence-electron chi connectivity index (χ0n) is 9.25. The average molecular weight is 268 g/mol. The van der Waals surface area contributed by atoms with Gasteiger partial charge in [0, 0.05) is 17.9 Å². The fourth-order valence-corrected chi connectivity index (χ4v) is 2.94. The molecule has 1 saturated heterocycles. The quantitative estimate of drug-likeness (QED) is 0.743. The van der Waals surface area contributed by atoms with E-state index >= 15 is 0 Å². The molecule has 1 aromatic carbocycles. The fourth-order valence-electron chi connectivity index (χ4n) is 2.21. The molecule has 0 aliphatic carbocycles. The Morgan fingerprint density at radius 2 is 2.33 bits per heavy atom. The highest BCUT2D eigenvalue weighted by Gasteiger charge is 2.17. The van der Waals surface area contributed by atoms with Crippen LogP contribution in [0.2, 0.25) is 0 Å². The lowest BCUT2D eigenvalue weighted by molar-refractivity contribution is 0.228. The van der Waals surface area contributed by atoms with E-state index < -0.39 is 0 Å². The molecule has 1 aliphatic rings. The number of hydrogen-bond donors (Lipinski definition) is 0. The van der Waals surface area contributed by atoms with E-state index in [0.717, 1.165) is 6.54 Å². The summed E-state index contributed by atoms with van der Waals surface area (Å²) >= 11 is 3.71. The van der Waals surface area contributed by atoms with E-state index in [0.29, 0.717) is 4.83 Å². The first-order valence-corrected chi connectivity index (χ1v) is 6.57. The standard InChI is InChI=1S/C13H18BrN/c1-11-4-2-5-12(8-11)9-15-7-3-6-13(14)10-15/h2,4-5,8,13H,3,6-7,9-10H2,1H3. The number of nitrogens with zero attached hydrogens (tertiary/aromatic N) is 1. The maximum absolute atomic E-state index is 3.71. The molecule has 1 heterocycles. The van der Waals surface area contributed by atoms with Gasteiger partial charge in [0.1, 0.15) is 0 Å². The summed E-state index contributed by atoms with van der Waals surface area (Å²) in [4.78, 5) is 3.23. The molecular formula is C13H18BrN. The maximum Gasteiger partial charge on any atom is 0.0273 e. The third kappa shape index (κ3) is 3.32. The Balaban J connectivity index is 1.96. The van der Waals surface area contributed by atoms with E-state index in [1.54, 1.807) is 0 Å². The number of rotatable bonds is 2. The van der Waals surface area contributed by atoms with Gasteiger partial charge in [0.2, 0.25) is 0 Å². The molecule has 82 valence electrons. The monoisotopic (exact) mass is 267 g/mol. The van der Waals surface area contributed by atoms with E-state index in [1.165, 1.54) is 37.1 Å². The summed E-state index contributed by atoms with van der Waals surface area (Å²) in [6.07, 6.45) is 2.64. The summed E-state index contributed by atoms with van der Waals surface area (Å²) in [5.74, 6) is 0. The number of aryl methyl sites for hydroxylation is 1. The molecule has 1 nitrogen and oxygen atoms in total. The molecule has 1 aliphatic heterocycles. The highest BCUT2D eigenvalue weighted by molar-refractivity contribution is 9.09. The van der Waals surface area contributed by atoms with Gasteiger partial charge in [0.25, 0.3) is 0 Å². The van der Waals surface area contributed by atoms with E-state index in [9.17, 15) is 0 Å². The van der Waals surface area contributed by atoms with Crippen molar-refractivity contribution in [1.29, 1.82) is 0 Å². The van der Waals surface area contributed by atoms with Crippen LogP contribution in [-0.4, -0.2) is 22.8 Å². The predicted molar refractivity (Wildman–Crippen MR) is 68.4 cm³/mol. The molecule has 2 heteroatoms. The van der Waals surface area contributed by atoms with Gasteiger partial charge >= 0.3 is 0 Å². The lowest BCUT2D eigenvalue weighted by Gasteiger charge is -2.29. The fraction of sp³-hybridized carbons (Fsp3) is 0.538. The second-order valence-electron chi connectivity index (χ2n) is 4.46. The van der Waals surface area contributed by atoms with Gasteiger partial charge in [-0.3, -0.25) is 4.90 Å². The Bertz CT molecular complexity index is 324. The van der Waals surface area contributed by atoms with Gasteiger partial charge in [-0.05, 0) is 31.9 Å². The molecule has 0 N–H and O–H groups in total. The van der Waals surface area contributed by atoms with Crippen molar-refractivity contribution in [2.75, 3.05) is 13.1 Å². The van der Waals surface area contributed by atoms with Crippen molar-refractivity contribution in [2.24, 2.45) is 0 Å². The number of alkyl halides is 1. The van der Waals surface area contributed by atoms with Crippen molar-refractivity contribution in [1.82, 2.24) is 4.90 Å². The zero-order chi connectivity index (χ0) is 10.7. The summed E-state index contributed by atoms with van der Waals surface area (Å²) in [6, 6.07) is 8.83. The van der Waals surface area contributed by atoms with Crippen molar-refractivity contribution >= 4 is 15.9 Å². The molecule has 2 rings (SSSR count). The minimum Gasteiger partial charge on any atom is -0.298 e. The molecule has 1 aromatic rings. The van der Waals surface area contributed by atoms with E-state index in [4.69, 9.17) is 0 Å². The molecule has 1 atom stereocenters. The first kappa shape index (κ1) is 11.2. The smallest absolute Gasteiger partial charge is 0.0273 e. The molecule has 15 heavy (non-hydrogen) atoms. The third-order valence-corrected chi connectivity index (χ3v) is 3.68. The minimum absolute atomic E-state index is 0.691. The minimum atomic E-state index is 0.691. The van der Waals surface area contributed by atoms with Crippen LogP contribution in [0.5, 0.6) is 0 Å². The van der Waals surface area contributed by atoms with Gasteiger partial charge < -0.3 is 0 Å². The molecule has 1 fully saturated rings. The van der Waals surface area contributed by atoms with Crippen molar-refractivity contribution in [3.63, 3.8) is 0 Å². The summed E-state index contributed by atoms with van der Waals surface area (Å²) in [5.41, 5.74) is 2.80. The second kappa shape index (κ2) is 5.13. The van der Waals surface area contributed by atoms with Gasteiger partial charge in [0.05, 0.1) is 0 Å². The SMILES string of the molecule is Cc1cccc(CN2CCCC(Br)C2)c1. The van der Waals surface area contributed by atoms with Crippen molar-refractivity contribution < 1.29 is 0 Å². The average Bonchev–Trinajstić information content (AvgIpc) is 2.17. The lowest BCUT2D eigenvalue weighted by Crippen LogP contribution is -2.35. The van der Waals surface area contributed by atoms with Crippen LogP contribution in [-0.2, 0) is 6.54 Å². The van der Waals surface area contributed by atoms with Crippen LogP contribution < -0.4 is 0 Å². The van der Waals surface area contributed by atoms with Crippen LogP contribution >= 0.6 is 15.9 Å². The number of piperidine rings is 1. The molecular weight excluding hydrogens is 250 g/mol. The Kier molecular flexibility index (Phi) is 3.81. The summed E-state index contributed by atoms with van der Waals surface area (Å²) in [7, 11) is 0. The predicted octanol–water partition coefficient (Wildman–Crippen LogP) is 3.35. The highest BCUT2D eigenvalue weighted by atomic mass is 79.9. The molecule has 0 saturated carbocycles. The van der Waals surface area contributed by atoms with Gasteiger partial charge in [-0.15, -0.1) is 0 Å². The molecule has 0 bridgehead atoms. The van der Waals surface area contributed by atoms with Gasteiger partial charge in [-0.25, -0.2) is 0 Å². The van der Waals surface area contributed by atoms with Crippen LogP contribution in [0.1, 0.15) is 24.0 Å². The van der Waals surface area contributed by atoms with E-state index in [1.807, 2.05) is 0 Å². The van der Waals surface area contributed by atoms with Crippen LogP contribution in [0, 0.1) is 6.92 Å². The van der Waals surface area contributed by atoms with Crippen molar-refractivity contribution in [3.05, 3.63) is 35.4 Å². The summed E-state index contributed by atoms with van der Waals surface area (Å²) in [6.45, 7) is 5.70. The topological polar surface area (TPSA) is 3.24 Å². The first-order chi connectivity index (χ1) is 7.24. The highest BCUT2D eigenvalue weighted by Crippen LogP contribution is 2.18. The molecule has 1 unspecified atom stereocenters. The lowest BCUT2D eigenvalue weighted by atomic mass is 10.1. The Hall–Kier alpha value is -0.340. The van der Waals surface area contributed by atoms with Crippen LogP contribution in [0.15, 0.2) is 24.3 Å². The molecule has 0 aromatic heterocycles. The normalized spacial score (nSPS) is 22.9. The van der Waals surface area contributed by atoms with Crippen LogP contribution in [0.4, 0.5) is 0 Å². The van der Waals surface area contributed by atoms with Crippen LogP contribution in [0.3, 0.4) is 0 Å². The first-order valence-electron chi connectivity index (χ1n) is 5.66. The maximum atomic E-state index is 3.71. The third-order valence-electron chi connectivity index (χ3n) is 2.94. The van der Waals surface area contributed by atoms with E-state index in [-0.39, 0.29) is 0 Å². The summed E-state index contributed by atoms with van der Waals surface area (Å²) < 4.78 is 0.